The molecule has 0 saturated carbocycles. The van der Waals surface area contributed by atoms with Gasteiger partial charge in [0.1, 0.15) is 5.82 Å². The summed E-state index contributed by atoms with van der Waals surface area (Å²) in [7, 11) is 0. The molecule has 140 valence electrons. The Morgan fingerprint density at radius 2 is 2.07 bits per heavy atom. The van der Waals surface area contributed by atoms with Gasteiger partial charge >= 0.3 is 0 Å². The lowest BCUT2D eigenvalue weighted by atomic mass is 10.2. The van der Waals surface area contributed by atoms with Crippen LogP contribution in [-0.2, 0) is 11.3 Å². The number of halogens is 1. The minimum absolute atomic E-state index is 0.351. The summed E-state index contributed by atoms with van der Waals surface area (Å²) < 4.78 is 0. The van der Waals surface area contributed by atoms with Crippen LogP contribution in [0, 0.1) is 0 Å². The predicted molar refractivity (Wildman–Crippen MR) is 113 cm³/mol. The van der Waals surface area contributed by atoms with E-state index in [2.05, 4.69) is 20.6 Å². The number of nitrogens with zero attached hydrogens (tertiary/aromatic N) is 2. The van der Waals surface area contributed by atoms with Crippen LogP contribution in [0.15, 0.2) is 53.0 Å². The van der Waals surface area contributed by atoms with Gasteiger partial charge in [-0.05, 0) is 35.5 Å². The van der Waals surface area contributed by atoms with Gasteiger partial charge < -0.3 is 5.32 Å². The summed E-state index contributed by atoms with van der Waals surface area (Å²) >= 11 is 8.55. The van der Waals surface area contributed by atoms with E-state index in [0.717, 1.165) is 27.8 Å². The highest BCUT2D eigenvalue weighted by Gasteiger charge is 2.25. The average molecular weight is 429 g/mol. The molecule has 3 aromatic rings. The zero-order valence-electron chi connectivity index (χ0n) is 14.3. The van der Waals surface area contributed by atoms with E-state index in [-0.39, 0.29) is 11.1 Å². The molecule has 0 radical (unpaired) electrons. The van der Waals surface area contributed by atoms with Crippen LogP contribution in [0.2, 0.25) is 5.02 Å². The largest absolute Gasteiger partial charge is 0.365 e. The van der Waals surface area contributed by atoms with Crippen LogP contribution in [0.4, 0.5) is 10.6 Å². The Morgan fingerprint density at radius 1 is 1.21 bits per heavy atom. The van der Waals surface area contributed by atoms with Crippen LogP contribution in [0.25, 0.3) is 17.3 Å². The van der Waals surface area contributed by atoms with E-state index in [9.17, 15) is 9.59 Å². The Balaban J connectivity index is 1.50. The second-order valence-corrected chi connectivity index (χ2v) is 8.19. The van der Waals surface area contributed by atoms with Crippen molar-refractivity contribution in [3.05, 3.63) is 68.5 Å². The van der Waals surface area contributed by atoms with Gasteiger partial charge in [0.05, 0.1) is 23.0 Å². The molecular formula is C19H13ClN4O2S2. The summed E-state index contributed by atoms with van der Waals surface area (Å²) in [4.78, 5) is 33.0. The molecule has 0 unspecified atom stereocenters. The molecule has 1 fully saturated rings. The lowest BCUT2D eigenvalue weighted by Crippen LogP contribution is -2.17. The molecule has 3 heterocycles. The first-order valence-corrected chi connectivity index (χ1v) is 10.3. The first kappa shape index (κ1) is 18.7. The van der Waals surface area contributed by atoms with Gasteiger partial charge in [-0.25, -0.2) is 4.98 Å². The van der Waals surface area contributed by atoms with Crippen molar-refractivity contribution < 1.29 is 9.59 Å². The third kappa shape index (κ3) is 4.24. The topological polar surface area (TPSA) is 84.0 Å². The van der Waals surface area contributed by atoms with E-state index in [1.165, 1.54) is 11.3 Å². The van der Waals surface area contributed by atoms with Crippen LogP contribution in [0.1, 0.15) is 10.4 Å². The maximum Gasteiger partial charge on any atom is 0.290 e. The first-order valence-electron chi connectivity index (χ1n) is 8.21. The summed E-state index contributed by atoms with van der Waals surface area (Å²) in [5.41, 5.74) is 2.58. The summed E-state index contributed by atoms with van der Waals surface area (Å²) in [6, 6.07) is 9.53. The van der Waals surface area contributed by atoms with Crippen molar-refractivity contribution >= 4 is 57.7 Å². The minimum atomic E-state index is -0.365. The Bertz CT molecular complexity index is 1100. The van der Waals surface area contributed by atoms with E-state index in [1.54, 1.807) is 18.5 Å². The van der Waals surface area contributed by atoms with Crippen molar-refractivity contribution in [2.45, 2.75) is 6.54 Å². The van der Waals surface area contributed by atoms with Crippen LogP contribution in [-0.4, -0.2) is 21.1 Å². The fourth-order valence-electron chi connectivity index (χ4n) is 2.53. The van der Waals surface area contributed by atoms with E-state index < -0.39 is 0 Å². The molecule has 1 saturated heterocycles. The minimum Gasteiger partial charge on any atom is -0.365 e. The number of aromatic nitrogens is 2. The second-order valence-electron chi connectivity index (χ2n) is 5.82. The highest BCUT2D eigenvalue weighted by molar-refractivity contribution is 8.18. The molecule has 0 bridgehead atoms. The predicted octanol–water partition coefficient (Wildman–Crippen LogP) is 4.79. The Labute approximate surface area is 174 Å². The van der Waals surface area contributed by atoms with Gasteiger partial charge in [0.2, 0.25) is 0 Å². The van der Waals surface area contributed by atoms with Crippen molar-refractivity contribution in [2.75, 3.05) is 5.32 Å². The fraction of sp³-hybridized carbons (Fsp3) is 0.0526. The van der Waals surface area contributed by atoms with Crippen molar-refractivity contribution in [2.24, 2.45) is 0 Å². The third-order valence-electron chi connectivity index (χ3n) is 3.88. The molecular weight excluding hydrogens is 416 g/mol. The van der Waals surface area contributed by atoms with Crippen molar-refractivity contribution in [3.8, 4) is 11.3 Å². The van der Waals surface area contributed by atoms with Gasteiger partial charge in [0, 0.05) is 27.4 Å². The molecule has 28 heavy (non-hydrogen) atoms. The van der Waals surface area contributed by atoms with E-state index >= 15 is 0 Å². The van der Waals surface area contributed by atoms with Crippen LogP contribution < -0.4 is 10.6 Å². The molecule has 1 aliphatic heterocycles. The highest BCUT2D eigenvalue weighted by atomic mass is 35.5. The van der Waals surface area contributed by atoms with Crippen molar-refractivity contribution in [3.63, 3.8) is 0 Å². The van der Waals surface area contributed by atoms with Gasteiger partial charge in [-0.15, -0.1) is 11.3 Å². The number of anilines is 1. The molecule has 2 aromatic heterocycles. The molecule has 9 heteroatoms. The smallest absolute Gasteiger partial charge is 0.290 e. The summed E-state index contributed by atoms with van der Waals surface area (Å²) in [6.45, 7) is 0.541. The summed E-state index contributed by atoms with van der Waals surface area (Å²) in [6.07, 6.45) is 5.03. The van der Waals surface area contributed by atoms with Crippen LogP contribution in [0.5, 0.6) is 0 Å². The number of thioether (sulfide) groups is 1. The zero-order valence-corrected chi connectivity index (χ0v) is 16.7. The van der Waals surface area contributed by atoms with Gasteiger partial charge in [-0.1, -0.05) is 29.8 Å². The molecule has 1 aromatic carbocycles. The lowest BCUT2D eigenvalue weighted by molar-refractivity contribution is -0.115. The summed E-state index contributed by atoms with van der Waals surface area (Å²) in [5, 5.41) is 7.76. The van der Waals surface area contributed by atoms with Crippen molar-refractivity contribution in [1.29, 1.82) is 0 Å². The number of rotatable bonds is 5. The van der Waals surface area contributed by atoms with E-state index in [4.69, 9.17) is 11.6 Å². The summed E-state index contributed by atoms with van der Waals surface area (Å²) in [5.74, 6) is 0.273. The molecule has 2 amide bonds. The Morgan fingerprint density at radius 3 is 2.86 bits per heavy atom. The standard InChI is InChI=1S/C19H13ClN4O2S2/c20-14-4-2-1-3-11(14)7-22-17-9-21-8-15(23-17)12-5-13(27-10-12)6-16-18(25)24-19(26)28-16/h1-6,8-10H,7H2,(H,22,23)(H,24,25,26)/b16-6+. The van der Waals surface area contributed by atoms with Crippen LogP contribution in [0.3, 0.4) is 0 Å². The number of benzene rings is 1. The number of carbonyl (C=O) groups is 2. The van der Waals surface area contributed by atoms with E-state index in [1.807, 2.05) is 35.7 Å². The van der Waals surface area contributed by atoms with Crippen LogP contribution >= 0.6 is 34.7 Å². The molecule has 0 aliphatic carbocycles. The van der Waals surface area contributed by atoms with Gasteiger partial charge in [-0.3, -0.25) is 19.9 Å². The fourth-order valence-corrected chi connectivity index (χ4v) is 4.31. The van der Waals surface area contributed by atoms with Gasteiger partial charge in [0.25, 0.3) is 11.1 Å². The SMILES string of the molecule is O=C1NC(=O)/C(=C\c2cc(-c3cncc(NCc4ccccc4Cl)n3)cs2)S1. The number of thiophene rings is 1. The maximum atomic E-state index is 11.7. The average Bonchev–Trinajstić information content (AvgIpc) is 3.28. The number of hydrogen-bond donors (Lipinski definition) is 2. The highest BCUT2D eigenvalue weighted by Crippen LogP contribution is 2.30. The number of carbonyl (C=O) groups excluding carboxylic acids is 2. The molecule has 6 nitrogen and oxygen atoms in total. The maximum absolute atomic E-state index is 11.7. The Hall–Kier alpha value is -2.68. The molecule has 4 rings (SSSR count). The van der Waals surface area contributed by atoms with E-state index in [0.29, 0.717) is 28.0 Å². The molecule has 1 aliphatic rings. The van der Waals surface area contributed by atoms with Crippen molar-refractivity contribution in [1.82, 2.24) is 15.3 Å². The number of nitrogens with one attached hydrogen (secondary N) is 2. The number of hydrogen-bond acceptors (Lipinski definition) is 7. The quantitative estimate of drug-likeness (QED) is 0.568. The lowest BCUT2D eigenvalue weighted by Gasteiger charge is -2.08. The first-order chi connectivity index (χ1) is 13.6. The molecule has 0 atom stereocenters. The van der Waals surface area contributed by atoms with Gasteiger partial charge in [-0.2, -0.15) is 0 Å². The second kappa shape index (κ2) is 8.14. The zero-order chi connectivity index (χ0) is 19.5. The van der Waals surface area contributed by atoms with Gasteiger partial charge in [0.15, 0.2) is 0 Å². The normalized spacial score (nSPS) is 15.1. The number of imide groups is 1. The molecule has 2 N–H and O–H groups in total. The Kier molecular flexibility index (Phi) is 5.43. The molecule has 0 spiro atoms. The monoisotopic (exact) mass is 428 g/mol. The third-order valence-corrected chi connectivity index (χ3v) is 5.94. The number of amides is 2.